The smallest absolute Gasteiger partial charge is 0.266 e. The molecule has 0 bridgehead atoms. The Labute approximate surface area is 191 Å². The van der Waals surface area contributed by atoms with Crippen LogP contribution < -0.4 is 10.2 Å². The first-order valence-corrected chi connectivity index (χ1v) is 11.1. The van der Waals surface area contributed by atoms with Crippen LogP contribution in [0.2, 0.25) is 0 Å². The highest BCUT2D eigenvalue weighted by Gasteiger charge is 2.24. The fourth-order valence-electron chi connectivity index (χ4n) is 4.36. The van der Waals surface area contributed by atoms with Crippen LogP contribution in [0.15, 0.2) is 30.5 Å². The molecule has 3 aromatic rings. The number of likely N-dealkylation sites (N-methyl/N-ethyl adjacent to an activating group) is 1. The molecule has 0 spiro atoms. The molecule has 33 heavy (non-hydrogen) atoms. The lowest BCUT2D eigenvalue weighted by atomic mass is 10.0. The van der Waals surface area contributed by atoms with Crippen LogP contribution >= 0.6 is 0 Å². The third-order valence-electron chi connectivity index (χ3n) is 6.24. The summed E-state index contributed by atoms with van der Waals surface area (Å²) in [6.07, 6.45) is 1.08. The zero-order valence-corrected chi connectivity index (χ0v) is 19.3. The van der Waals surface area contributed by atoms with Gasteiger partial charge in [-0.3, -0.25) is 0 Å². The van der Waals surface area contributed by atoms with Crippen LogP contribution in [0.1, 0.15) is 49.2 Å². The van der Waals surface area contributed by atoms with Gasteiger partial charge in [0.05, 0.1) is 23.3 Å². The molecule has 3 heterocycles. The summed E-state index contributed by atoms with van der Waals surface area (Å²) >= 11 is 0. The lowest BCUT2D eigenvalue weighted by Crippen LogP contribution is -2.45. The first kappa shape index (κ1) is 23.2. The molecule has 2 atom stereocenters. The first-order valence-electron chi connectivity index (χ1n) is 11.1. The van der Waals surface area contributed by atoms with Crippen LogP contribution in [-0.2, 0) is 0 Å². The Morgan fingerprint density at radius 1 is 1.18 bits per heavy atom. The number of fused-ring (bicyclic) bond motifs is 1. The summed E-state index contributed by atoms with van der Waals surface area (Å²) in [7, 11) is 4.17. The van der Waals surface area contributed by atoms with Gasteiger partial charge in [0.15, 0.2) is 0 Å². The van der Waals surface area contributed by atoms with E-state index in [-0.39, 0.29) is 5.56 Å². The summed E-state index contributed by atoms with van der Waals surface area (Å²) < 4.78 is 41.0. The average molecular weight is 459 g/mol. The van der Waals surface area contributed by atoms with Crippen LogP contribution in [0.3, 0.4) is 0 Å². The Morgan fingerprint density at radius 3 is 2.67 bits per heavy atom. The molecular weight excluding hydrogens is 429 g/mol. The van der Waals surface area contributed by atoms with Gasteiger partial charge in [-0.05, 0) is 46.9 Å². The number of rotatable bonds is 6. The van der Waals surface area contributed by atoms with Crippen LogP contribution in [0, 0.1) is 12.7 Å². The van der Waals surface area contributed by atoms with Crippen molar-refractivity contribution in [2.45, 2.75) is 45.2 Å². The Kier molecular flexibility index (Phi) is 6.69. The largest absolute Gasteiger partial charge is 0.363 e. The molecule has 6 nitrogen and oxygen atoms in total. The minimum atomic E-state index is -2.87. The maximum atomic E-state index is 14.7. The number of nitrogens with one attached hydrogen (secondary N) is 1. The number of pyridine rings is 1. The lowest BCUT2D eigenvalue weighted by molar-refractivity contribution is 0.146. The predicted octanol–water partition coefficient (Wildman–Crippen LogP) is 5.11. The summed E-state index contributed by atoms with van der Waals surface area (Å²) in [6, 6.07) is 5.89. The van der Waals surface area contributed by atoms with Crippen molar-refractivity contribution in [2.24, 2.45) is 0 Å². The molecule has 2 unspecified atom stereocenters. The van der Waals surface area contributed by atoms with E-state index in [0.717, 1.165) is 43.2 Å². The highest BCUT2D eigenvalue weighted by atomic mass is 19.3. The molecule has 176 valence electrons. The van der Waals surface area contributed by atoms with Gasteiger partial charge in [-0.15, -0.1) is 0 Å². The van der Waals surface area contributed by atoms with Crippen molar-refractivity contribution in [1.82, 2.24) is 19.9 Å². The first-order chi connectivity index (χ1) is 15.7. The SMILES string of the molecule is Cc1nc(NC(C)c2cccc(C(F)F)c2F)c2cc(N3CCCC(N(C)C)C3)ncc2n1. The molecule has 0 saturated carbocycles. The number of aromatic nitrogens is 3. The van der Waals surface area contributed by atoms with E-state index in [9.17, 15) is 13.2 Å². The number of anilines is 2. The van der Waals surface area contributed by atoms with Crippen LogP contribution in [0.4, 0.5) is 24.8 Å². The van der Waals surface area contributed by atoms with Crippen molar-refractivity contribution in [3.8, 4) is 0 Å². The highest BCUT2D eigenvalue weighted by molar-refractivity contribution is 5.90. The summed E-state index contributed by atoms with van der Waals surface area (Å²) in [5.74, 6) is 1.01. The summed E-state index contributed by atoms with van der Waals surface area (Å²) in [6.45, 7) is 5.29. The molecule has 4 rings (SSSR count). The van der Waals surface area contributed by atoms with E-state index >= 15 is 0 Å². The maximum absolute atomic E-state index is 14.7. The lowest BCUT2D eigenvalue weighted by Gasteiger charge is -2.36. The van der Waals surface area contributed by atoms with Crippen molar-refractivity contribution in [3.05, 3.63) is 53.2 Å². The van der Waals surface area contributed by atoms with Crippen LogP contribution in [0.5, 0.6) is 0 Å². The standard InChI is InChI=1S/C24H29F3N6/c1-14(17-8-5-9-18(22(17)25)23(26)27)29-24-19-11-21(28-12-20(19)30-15(2)31-24)33-10-6-7-16(13-33)32(3)4/h5,8-9,11-12,14,16,23H,6-7,10,13H2,1-4H3,(H,29,30,31). The normalized spacial score (nSPS) is 17.7. The zero-order valence-electron chi connectivity index (χ0n) is 19.3. The quantitative estimate of drug-likeness (QED) is 0.554. The fraction of sp³-hybridized carbons (Fsp3) is 0.458. The molecular formula is C24H29F3N6. The van der Waals surface area contributed by atoms with E-state index in [4.69, 9.17) is 0 Å². The Morgan fingerprint density at radius 2 is 1.94 bits per heavy atom. The number of benzene rings is 1. The number of alkyl halides is 2. The molecule has 2 aromatic heterocycles. The van der Waals surface area contributed by atoms with E-state index in [2.05, 4.69) is 44.2 Å². The van der Waals surface area contributed by atoms with Gasteiger partial charge in [0, 0.05) is 30.1 Å². The molecule has 0 aliphatic carbocycles. The van der Waals surface area contributed by atoms with Crippen molar-refractivity contribution >= 4 is 22.5 Å². The highest BCUT2D eigenvalue weighted by Crippen LogP contribution is 2.31. The number of halogens is 3. The Balaban J connectivity index is 1.68. The third kappa shape index (κ3) is 4.88. The molecule has 1 aliphatic heterocycles. The van der Waals surface area contributed by atoms with Gasteiger partial charge in [0.2, 0.25) is 0 Å². The minimum absolute atomic E-state index is 0.163. The summed E-state index contributed by atoms with van der Waals surface area (Å²) in [5.41, 5.74) is 0.233. The second-order valence-electron chi connectivity index (χ2n) is 8.80. The minimum Gasteiger partial charge on any atom is -0.363 e. The van der Waals surface area contributed by atoms with Crippen molar-refractivity contribution in [2.75, 3.05) is 37.4 Å². The van der Waals surface area contributed by atoms with Gasteiger partial charge < -0.3 is 15.1 Å². The van der Waals surface area contributed by atoms with Gasteiger partial charge >= 0.3 is 0 Å². The number of piperidine rings is 1. The van der Waals surface area contributed by atoms with E-state index < -0.39 is 23.8 Å². The predicted molar refractivity (Wildman–Crippen MR) is 124 cm³/mol. The van der Waals surface area contributed by atoms with Gasteiger partial charge in [0.25, 0.3) is 6.43 Å². The average Bonchev–Trinajstić information content (AvgIpc) is 2.78. The van der Waals surface area contributed by atoms with Crippen LogP contribution in [-0.4, -0.2) is 53.1 Å². The van der Waals surface area contributed by atoms with Crippen LogP contribution in [0.25, 0.3) is 10.9 Å². The number of aryl methyl sites for hydroxylation is 1. The Hall–Kier alpha value is -2.94. The molecule has 0 amide bonds. The summed E-state index contributed by atoms with van der Waals surface area (Å²) in [5, 5.41) is 3.97. The van der Waals surface area contributed by atoms with E-state index in [1.807, 2.05) is 6.07 Å². The molecule has 0 radical (unpaired) electrons. The molecule has 9 heteroatoms. The second kappa shape index (κ2) is 9.51. The van der Waals surface area contributed by atoms with E-state index in [1.54, 1.807) is 20.0 Å². The molecule has 1 aliphatic rings. The van der Waals surface area contributed by atoms with E-state index in [1.165, 1.54) is 12.1 Å². The summed E-state index contributed by atoms with van der Waals surface area (Å²) in [4.78, 5) is 18.1. The van der Waals surface area contributed by atoms with Gasteiger partial charge in [-0.25, -0.2) is 28.1 Å². The zero-order chi connectivity index (χ0) is 23.7. The van der Waals surface area contributed by atoms with E-state index in [0.29, 0.717) is 23.2 Å². The number of nitrogens with zero attached hydrogens (tertiary/aromatic N) is 5. The monoisotopic (exact) mass is 458 g/mol. The Bertz CT molecular complexity index is 1140. The number of hydrogen-bond acceptors (Lipinski definition) is 6. The van der Waals surface area contributed by atoms with Crippen molar-refractivity contribution in [1.29, 1.82) is 0 Å². The fourth-order valence-corrected chi connectivity index (χ4v) is 4.36. The molecule has 1 fully saturated rings. The van der Waals surface area contributed by atoms with Crippen molar-refractivity contribution in [3.63, 3.8) is 0 Å². The maximum Gasteiger partial charge on any atom is 0.266 e. The molecule has 1 saturated heterocycles. The van der Waals surface area contributed by atoms with Gasteiger partial charge in [-0.2, -0.15) is 0 Å². The third-order valence-corrected chi connectivity index (χ3v) is 6.24. The topological polar surface area (TPSA) is 57.2 Å². The molecule has 1 N–H and O–H groups in total. The second-order valence-corrected chi connectivity index (χ2v) is 8.80. The van der Waals surface area contributed by atoms with Gasteiger partial charge in [-0.1, -0.05) is 18.2 Å². The van der Waals surface area contributed by atoms with Crippen molar-refractivity contribution < 1.29 is 13.2 Å². The number of hydrogen-bond donors (Lipinski definition) is 1. The van der Waals surface area contributed by atoms with Gasteiger partial charge in [0.1, 0.15) is 23.3 Å². The molecule has 1 aromatic carbocycles.